The fourth-order valence-electron chi connectivity index (χ4n) is 4.49. The monoisotopic (exact) mass is 436 g/mol. The minimum Gasteiger partial charge on any atom is -0.493 e. The van der Waals surface area contributed by atoms with E-state index in [4.69, 9.17) is 9.47 Å². The Kier molecular flexibility index (Phi) is 7.30. The predicted octanol–water partition coefficient (Wildman–Crippen LogP) is 4.25. The van der Waals surface area contributed by atoms with E-state index in [1.165, 1.54) is 0 Å². The smallest absolute Gasteiger partial charge is 0.257 e. The van der Waals surface area contributed by atoms with Gasteiger partial charge in [0.2, 0.25) is 0 Å². The number of para-hydroxylation sites is 1. The molecule has 2 fully saturated rings. The summed E-state index contributed by atoms with van der Waals surface area (Å²) in [6.07, 6.45) is 4.17. The normalized spacial score (nSPS) is 18.5. The number of hydrogen-bond acceptors (Lipinski definition) is 4. The van der Waals surface area contributed by atoms with Gasteiger partial charge in [-0.05, 0) is 69.0 Å². The van der Waals surface area contributed by atoms with E-state index in [0.29, 0.717) is 36.6 Å². The summed E-state index contributed by atoms with van der Waals surface area (Å²) in [7, 11) is 0. The van der Waals surface area contributed by atoms with Gasteiger partial charge in [-0.15, -0.1) is 0 Å². The Bertz CT molecular complexity index is 922. The van der Waals surface area contributed by atoms with Crippen LogP contribution in [0.5, 0.6) is 11.5 Å². The van der Waals surface area contributed by atoms with Crippen LogP contribution in [0.25, 0.3) is 0 Å². The van der Waals surface area contributed by atoms with Crippen molar-refractivity contribution in [3.05, 3.63) is 59.7 Å². The van der Waals surface area contributed by atoms with Gasteiger partial charge in [-0.3, -0.25) is 9.59 Å². The molecule has 1 atom stereocenters. The Labute approximate surface area is 190 Å². The van der Waals surface area contributed by atoms with Gasteiger partial charge in [0.05, 0.1) is 18.8 Å². The van der Waals surface area contributed by atoms with E-state index in [1.54, 1.807) is 0 Å². The third kappa shape index (κ3) is 5.23. The van der Waals surface area contributed by atoms with Crippen molar-refractivity contribution >= 4 is 11.8 Å². The van der Waals surface area contributed by atoms with E-state index in [2.05, 4.69) is 0 Å². The number of amides is 2. The molecule has 2 saturated heterocycles. The third-order valence-corrected chi connectivity index (χ3v) is 6.20. The van der Waals surface area contributed by atoms with Crippen LogP contribution in [0.4, 0.5) is 0 Å². The second kappa shape index (κ2) is 10.5. The van der Waals surface area contributed by atoms with Gasteiger partial charge in [-0.25, -0.2) is 0 Å². The Morgan fingerprint density at radius 3 is 2.34 bits per heavy atom. The number of hydrogen-bond donors (Lipinski definition) is 0. The van der Waals surface area contributed by atoms with Crippen LogP contribution in [-0.4, -0.2) is 61.0 Å². The molecule has 0 N–H and O–H groups in total. The lowest BCUT2D eigenvalue weighted by molar-refractivity contribution is 0.0629. The quantitative estimate of drug-likeness (QED) is 0.651. The Hall–Kier alpha value is -3.02. The molecule has 1 unspecified atom stereocenters. The van der Waals surface area contributed by atoms with Crippen LogP contribution in [0.3, 0.4) is 0 Å². The lowest BCUT2D eigenvalue weighted by Gasteiger charge is -2.33. The maximum absolute atomic E-state index is 13.1. The van der Waals surface area contributed by atoms with Crippen molar-refractivity contribution in [2.24, 2.45) is 5.92 Å². The highest BCUT2D eigenvalue weighted by Crippen LogP contribution is 2.25. The van der Waals surface area contributed by atoms with E-state index in [1.807, 2.05) is 65.3 Å². The van der Waals surface area contributed by atoms with Crippen molar-refractivity contribution in [2.45, 2.75) is 32.6 Å². The molecule has 0 aromatic heterocycles. The van der Waals surface area contributed by atoms with Crippen molar-refractivity contribution in [3.63, 3.8) is 0 Å². The zero-order valence-corrected chi connectivity index (χ0v) is 18.8. The molecule has 0 saturated carbocycles. The number of ether oxygens (including phenoxy) is 2. The summed E-state index contributed by atoms with van der Waals surface area (Å²) in [5, 5.41) is 0. The van der Waals surface area contributed by atoms with E-state index >= 15 is 0 Å². The predicted molar refractivity (Wildman–Crippen MR) is 123 cm³/mol. The van der Waals surface area contributed by atoms with Crippen LogP contribution in [0, 0.1) is 5.92 Å². The third-order valence-electron chi connectivity index (χ3n) is 6.20. The number of likely N-dealkylation sites (tertiary alicyclic amines) is 2. The highest BCUT2D eigenvalue weighted by molar-refractivity contribution is 5.97. The topological polar surface area (TPSA) is 59.1 Å². The molecule has 0 radical (unpaired) electrons. The Morgan fingerprint density at radius 1 is 0.875 bits per heavy atom. The van der Waals surface area contributed by atoms with Gasteiger partial charge in [0.25, 0.3) is 11.8 Å². The summed E-state index contributed by atoms with van der Waals surface area (Å²) >= 11 is 0. The van der Waals surface area contributed by atoms with Crippen LogP contribution < -0.4 is 9.47 Å². The van der Waals surface area contributed by atoms with E-state index in [9.17, 15) is 9.59 Å². The number of nitrogens with zero attached hydrogens (tertiary/aromatic N) is 2. The van der Waals surface area contributed by atoms with E-state index in [0.717, 1.165) is 51.1 Å². The molecule has 4 rings (SSSR count). The first kappa shape index (κ1) is 22.2. The van der Waals surface area contributed by atoms with Gasteiger partial charge in [0, 0.05) is 37.7 Å². The average molecular weight is 437 g/mol. The molecule has 2 aliphatic heterocycles. The summed E-state index contributed by atoms with van der Waals surface area (Å²) in [6, 6.07) is 14.9. The minimum atomic E-state index is 0.0172. The van der Waals surface area contributed by atoms with Gasteiger partial charge in [0.15, 0.2) is 0 Å². The molecular weight excluding hydrogens is 404 g/mol. The van der Waals surface area contributed by atoms with Crippen molar-refractivity contribution in [1.82, 2.24) is 9.80 Å². The molecule has 0 spiro atoms. The van der Waals surface area contributed by atoms with E-state index in [-0.39, 0.29) is 17.7 Å². The van der Waals surface area contributed by atoms with Gasteiger partial charge < -0.3 is 19.3 Å². The van der Waals surface area contributed by atoms with Crippen LogP contribution in [0.1, 0.15) is 53.3 Å². The Balaban J connectivity index is 1.31. The van der Waals surface area contributed by atoms with Crippen molar-refractivity contribution in [3.8, 4) is 11.5 Å². The molecule has 2 aliphatic rings. The van der Waals surface area contributed by atoms with Crippen molar-refractivity contribution < 1.29 is 19.1 Å². The van der Waals surface area contributed by atoms with E-state index < -0.39 is 0 Å². The molecule has 170 valence electrons. The summed E-state index contributed by atoms with van der Waals surface area (Å²) in [5.41, 5.74) is 1.33. The van der Waals surface area contributed by atoms with Crippen LogP contribution in [0.15, 0.2) is 48.5 Å². The SMILES string of the molecule is CCOc1ccccc1C(=O)N1CCCC(COc2ccc(C(=O)N3CCCC3)cc2)C1. The second-order valence-corrected chi connectivity index (χ2v) is 8.52. The highest BCUT2D eigenvalue weighted by atomic mass is 16.5. The molecule has 32 heavy (non-hydrogen) atoms. The molecule has 6 heteroatoms. The summed E-state index contributed by atoms with van der Waals surface area (Å²) < 4.78 is 11.7. The van der Waals surface area contributed by atoms with Gasteiger partial charge in [0.1, 0.15) is 11.5 Å². The summed E-state index contributed by atoms with van der Waals surface area (Å²) in [5.74, 6) is 1.79. The number of carbonyl (C=O) groups is 2. The average Bonchev–Trinajstić information content (AvgIpc) is 3.38. The van der Waals surface area contributed by atoms with Crippen LogP contribution in [-0.2, 0) is 0 Å². The van der Waals surface area contributed by atoms with Crippen molar-refractivity contribution in [2.75, 3.05) is 39.4 Å². The number of rotatable bonds is 7. The highest BCUT2D eigenvalue weighted by Gasteiger charge is 2.26. The van der Waals surface area contributed by atoms with Gasteiger partial charge in [-0.2, -0.15) is 0 Å². The van der Waals surface area contributed by atoms with Crippen LogP contribution in [0.2, 0.25) is 0 Å². The standard InChI is InChI=1S/C26H32N2O4/c1-2-31-24-10-4-3-9-23(24)26(30)28-17-7-8-20(18-28)19-32-22-13-11-21(12-14-22)25(29)27-15-5-6-16-27/h3-4,9-14,20H,2,5-8,15-19H2,1H3. The number of carbonyl (C=O) groups excluding carboxylic acids is 2. The first-order valence-corrected chi connectivity index (χ1v) is 11.7. The van der Waals surface area contributed by atoms with Crippen LogP contribution >= 0.6 is 0 Å². The zero-order chi connectivity index (χ0) is 22.3. The second-order valence-electron chi connectivity index (χ2n) is 8.52. The van der Waals surface area contributed by atoms with Crippen molar-refractivity contribution in [1.29, 1.82) is 0 Å². The molecule has 6 nitrogen and oxygen atoms in total. The lowest BCUT2D eigenvalue weighted by atomic mass is 9.98. The molecule has 2 aromatic rings. The van der Waals surface area contributed by atoms with Gasteiger partial charge >= 0.3 is 0 Å². The minimum absolute atomic E-state index is 0.0172. The largest absolute Gasteiger partial charge is 0.493 e. The molecular formula is C26H32N2O4. The summed E-state index contributed by atoms with van der Waals surface area (Å²) in [4.78, 5) is 29.4. The summed E-state index contributed by atoms with van der Waals surface area (Å²) in [6.45, 7) is 6.13. The molecule has 2 heterocycles. The fraction of sp³-hybridized carbons (Fsp3) is 0.462. The van der Waals surface area contributed by atoms with Gasteiger partial charge in [-0.1, -0.05) is 12.1 Å². The molecule has 0 bridgehead atoms. The molecule has 2 amide bonds. The Morgan fingerprint density at radius 2 is 1.59 bits per heavy atom. The lowest BCUT2D eigenvalue weighted by Crippen LogP contribution is -2.41. The molecule has 2 aromatic carbocycles. The molecule has 0 aliphatic carbocycles. The number of piperidine rings is 1. The first-order chi connectivity index (χ1) is 15.7. The first-order valence-electron chi connectivity index (χ1n) is 11.7. The maximum atomic E-state index is 13.1. The maximum Gasteiger partial charge on any atom is 0.257 e. The number of benzene rings is 2. The zero-order valence-electron chi connectivity index (χ0n) is 18.8. The fourth-order valence-corrected chi connectivity index (χ4v) is 4.49.